The second-order valence-electron chi connectivity index (χ2n) is 18.7. The second-order valence-corrected chi connectivity index (χ2v) is 20.5. The van der Waals surface area contributed by atoms with E-state index in [0.717, 1.165) is 70.5 Å². The van der Waals surface area contributed by atoms with Crippen LogP contribution in [-0.4, -0.2) is 43.7 Å². The first kappa shape index (κ1) is 36.4. The molecule has 0 saturated heterocycles. The monoisotopic (exact) mass is 675 g/mol. The Morgan fingerprint density at radius 3 is 2.15 bits per heavy atom. The molecule has 1 amide bonds. The zero-order valence-electron chi connectivity index (χ0n) is 30.5. The largest absolute Gasteiger partial charge is 0.481 e. The van der Waals surface area contributed by atoms with Crippen molar-refractivity contribution in [1.82, 2.24) is 4.72 Å². The maximum atomic E-state index is 13.2. The predicted molar refractivity (Wildman–Crippen MR) is 182 cm³/mol. The summed E-state index contributed by atoms with van der Waals surface area (Å²) in [5.41, 5.74) is -0.140. The molecule has 9 heteroatoms. The number of rotatable bonds is 8. The van der Waals surface area contributed by atoms with Crippen LogP contribution in [0.15, 0.2) is 12.2 Å². The number of hydrogen-bond donors (Lipinski definition) is 2. The second kappa shape index (κ2) is 11.6. The first-order chi connectivity index (χ1) is 21.4. The molecule has 0 spiro atoms. The van der Waals surface area contributed by atoms with Gasteiger partial charge in [-0.3, -0.25) is 19.1 Å². The number of carboxylic acids is 1. The molecule has 0 aromatic heterocycles. The van der Waals surface area contributed by atoms with Crippen LogP contribution in [0.25, 0.3) is 0 Å². The normalized spacial score (nSPS) is 42.6. The van der Waals surface area contributed by atoms with Gasteiger partial charge in [0.15, 0.2) is 0 Å². The Balaban J connectivity index is 1.42. The minimum absolute atomic E-state index is 0.0826. The molecular formula is C38H61NO7S. The third-order valence-corrected chi connectivity index (χ3v) is 16.0. The van der Waals surface area contributed by atoms with E-state index in [4.69, 9.17) is 4.74 Å². The quantitative estimate of drug-likeness (QED) is 0.201. The van der Waals surface area contributed by atoms with Crippen molar-refractivity contribution in [2.75, 3.05) is 6.26 Å². The summed E-state index contributed by atoms with van der Waals surface area (Å²) in [6.45, 7) is 21.9. The van der Waals surface area contributed by atoms with Crippen LogP contribution in [0.2, 0.25) is 0 Å². The molecule has 2 N–H and O–H groups in total. The van der Waals surface area contributed by atoms with Gasteiger partial charge in [-0.15, -0.1) is 0 Å². The smallest absolute Gasteiger partial charge is 0.309 e. The molecular weight excluding hydrogens is 614 g/mol. The zero-order valence-corrected chi connectivity index (χ0v) is 31.3. The van der Waals surface area contributed by atoms with Gasteiger partial charge in [-0.25, -0.2) is 8.42 Å². The highest BCUT2D eigenvalue weighted by Crippen LogP contribution is 2.78. The molecule has 47 heavy (non-hydrogen) atoms. The van der Waals surface area contributed by atoms with Gasteiger partial charge in [0.1, 0.15) is 6.10 Å². The van der Waals surface area contributed by atoms with Crippen molar-refractivity contribution >= 4 is 27.9 Å². The van der Waals surface area contributed by atoms with E-state index in [1.165, 1.54) is 5.57 Å². The number of esters is 1. The van der Waals surface area contributed by atoms with Gasteiger partial charge >= 0.3 is 11.9 Å². The lowest BCUT2D eigenvalue weighted by Crippen LogP contribution is -2.67. The zero-order chi connectivity index (χ0) is 35.2. The standard InChI is InChI=1S/C38H61NO7S/c1-23(2)24-13-18-38(21-29(40)39-47(10,44)45)20-19-36(8)25(31(24)38)11-12-27-35(7)16-15-28(46-30(41)22-33(3,4)32(42)43)34(5,6)26(35)14-17-37(27,36)9/h24-28,31H,1,11-22H2,2-10H3,(H,39,40)(H,42,43)/t24-,25+,26?,27?,28-,31+,35-,36+,37+,38+/m0/s1. The summed E-state index contributed by atoms with van der Waals surface area (Å²) in [6, 6.07) is 0. The van der Waals surface area contributed by atoms with Gasteiger partial charge in [-0.2, -0.15) is 0 Å². The van der Waals surface area contributed by atoms with Gasteiger partial charge in [0, 0.05) is 11.8 Å². The van der Waals surface area contributed by atoms with Crippen LogP contribution >= 0.6 is 0 Å². The average Bonchev–Trinajstić information content (AvgIpc) is 3.28. The summed E-state index contributed by atoms with van der Waals surface area (Å²) in [7, 11) is -3.62. The summed E-state index contributed by atoms with van der Waals surface area (Å²) in [6.07, 6.45) is 11.0. The minimum Gasteiger partial charge on any atom is -0.481 e. The van der Waals surface area contributed by atoms with Crippen LogP contribution in [0, 0.1) is 62.1 Å². The third-order valence-electron chi connectivity index (χ3n) is 15.4. The fourth-order valence-electron chi connectivity index (χ4n) is 13.0. The highest BCUT2D eigenvalue weighted by molar-refractivity contribution is 7.89. The van der Waals surface area contributed by atoms with Crippen molar-refractivity contribution < 1.29 is 32.6 Å². The van der Waals surface area contributed by atoms with Gasteiger partial charge in [0.05, 0.1) is 18.1 Å². The Labute approximate surface area is 283 Å². The predicted octanol–water partition coefficient (Wildman–Crippen LogP) is 7.52. The van der Waals surface area contributed by atoms with E-state index >= 15 is 0 Å². The van der Waals surface area contributed by atoms with Crippen molar-refractivity contribution in [2.24, 2.45) is 62.1 Å². The van der Waals surface area contributed by atoms with E-state index in [9.17, 15) is 27.9 Å². The number of carboxylic acid groups (broad SMARTS) is 1. The highest BCUT2D eigenvalue weighted by atomic mass is 32.2. The molecule has 5 aliphatic rings. The Morgan fingerprint density at radius 2 is 1.55 bits per heavy atom. The SMILES string of the molecule is C=C(C)[C@@H]1CC[C@]2(CC(=O)NS(C)(=O)=O)CC[C@]3(C)[C@H](CCC4[C@@]5(C)CC[C@H](OC(=O)CC(C)(C)C(=O)O)C(C)(C)C5CC[C@]43C)[C@@H]12. The molecule has 10 atom stereocenters. The molecule has 5 saturated carbocycles. The fourth-order valence-corrected chi connectivity index (χ4v) is 13.5. The van der Waals surface area contributed by atoms with Crippen LogP contribution in [0.5, 0.6) is 0 Å². The van der Waals surface area contributed by atoms with Crippen LogP contribution in [0.4, 0.5) is 0 Å². The molecule has 0 aromatic rings. The van der Waals surface area contributed by atoms with Gasteiger partial charge in [0.25, 0.3) is 0 Å². The van der Waals surface area contributed by atoms with Crippen LogP contribution in [0.1, 0.15) is 132 Å². The Hall–Kier alpha value is -1.90. The number of aliphatic carboxylic acids is 1. The average molecular weight is 676 g/mol. The molecule has 0 aromatic carbocycles. The lowest BCUT2D eigenvalue weighted by atomic mass is 9.32. The number of hydrogen-bond acceptors (Lipinski definition) is 6. The first-order valence-electron chi connectivity index (χ1n) is 18.0. The molecule has 8 nitrogen and oxygen atoms in total. The Bertz CT molecular complexity index is 1430. The van der Waals surface area contributed by atoms with E-state index in [2.05, 4.69) is 52.8 Å². The summed E-state index contributed by atoms with van der Waals surface area (Å²) in [4.78, 5) is 37.8. The molecule has 5 aliphatic carbocycles. The summed E-state index contributed by atoms with van der Waals surface area (Å²) in [5.74, 6) is 0.198. The summed E-state index contributed by atoms with van der Waals surface area (Å²) in [5, 5.41) is 9.56. The number of allylic oxidation sites excluding steroid dienone is 1. The number of sulfonamides is 1. The topological polar surface area (TPSA) is 127 Å². The number of carbonyl (C=O) groups is 3. The fraction of sp³-hybridized carbons (Fsp3) is 0.868. The highest BCUT2D eigenvalue weighted by Gasteiger charge is 2.71. The molecule has 0 bridgehead atoms. The molecule has 0 heterocycles. The maximum absolute atomic E-state index is 13.2. The van der Waals surface area contributed by atoms with E-state index in [0.29, 0.717) is 29.6 Å². The molecule has 2 unspecified atom stereocenters. The lowest BCUT2D eigenvalue weighted by molar-refractivity contribution is -0.250. The number of amides is 1. The Morgan fingerprint density at radius 1 is 0.894 bits per heavy atom. The van der Waals surface area contributed by atoms with Crippen LogP contribution in [-0.2, 0) is 29.1 Å². The summed E-state index contributed by atoms with van der Waals surface area (Å²) < 4.78 is 32.4. The van der Waals surface area contributed by atoms with Crippen LogP contribution in [0.3, 0.4) is 0 Å². The van der Waals surface area contributed by atoms with Crippen molar-refractivity contribution in [3.63, 3.8) is 0 Å². The Kier molecular flexibility index (Phi) is 8.97. The number of fused-ring (bicyclic) bond motifs is 7. The number of nitrogens with one attached hydrogen (secondary N) is 1. The van der Waals surface area contributed by atoms with Crippen molar-refractivity contribution in [3.8, 4) is 0 Å². The van der Waals surface area contributed by atoms with Gasteiger partial charge < -0.3 is 9.84 Å². The molecule has 5 rings (SSSR count). The van der Waals surface area contributed by atoms with Crippen LogP contribution < -0.4 is 4.72 Å². The third kappa shape index (κ3) is 5.80. The first-order valence-corrected chi connectivity index (χ1v) is 19.9. The van der Waals surface area contributed by atoms with E-state index < -0.39 is 27.4 Å². The molecule has 5 fully saturated rings. The molecule has 0 aliphatic heterocycles. The van der Waals surface area contributed by atoms with E-state index in [1.54, 1.807) is 13.8 Å². The van der Waals surface area contributed by atoms with Gasteiger partial charge in [0.2, 0.25) is 15.9 Å². The minimum atomic E-state index is -3.62. The van der Waals surface area contributed by atoms with Crippen molar-refractivity contribution in [1.29, 1.82) is 0 Å². The lowest BCUT2D eigenvalue weighted by Gasteiger charge is -2.73. The van der Waals surface area contributed by atoms with Gasteiger partial charge in [-0.05, 0) is 136 Å². The van der Waals surface area contributed by atoms with Gasteiger partial charge in [-0.1, -0.05) is 46.8 Å². The van der Waals surface area contributed by atoms with Crippen molar-refractivity contribution in [2.45, 2.75) is 139 Å². The van der Waals surface area contributed by atoms with E-state index in [1.807, 2.05) is 0 Å². The number of ether oxygens (including phenoxy) is 1. The maximum Gasteiger partial charge on any atom is 0.309 e. The van der Waals surface area contributed by atoms with Crippen molar-refractivity contribution in [3.05, 3.63) is 12.2 Å². The summed E-state index contributed by atoms with van der Waals surface area (Å²) >= 11 is 0. The molecule has 0 radical (unpaired) electrons. The number of carbonyl (C=O) groups excluding carboxylic acids is 2. The molecule has 266 valence electrons. The van der Waals surface area contributed by atoms with E-state index in [-0.39, 0.29) is 51.9 Å².